The largest absolute Gasteiger partial charge is 0.351 e. The van der Waals surface area contributed by atoms with E-state index in [-0.39, 0.29) is 0 Å². The number of nitrogens with one attached hydrogen (secondary N) is 2. The maximum Gasteiger partial charge on any atom is 0.223 e. The Balaban J connectivity index is 1.55. The summed E-state index contributed by atoms with van der Waals surface area (Å²) in [6.07, 6.45) is 10.2. The number of hydrogen-bond acceptors (Lipinski definition) is 5. The number of fused-ring (bicyclic) bond motifs is 1. The monoisotopic (exact) mass is 373 g/mol. The first-order valence-corrected chi connectivity index (χ1v) is 10.2. The van der Waals surface area contributed by atoms with Crippen LogP contribution in [0.4, 0.5) is 5.95 Å². The van der Waals surface area contributed by atoms with Gasteiger partial charge in [0.1, 0.15) is 5.65 Å². The minimum absolute atomic E-state index is 0.528. The Labute approximate surface area is 161 Å². The van der Waals surface area contributed by atoms with E-state index in [1.54, 1.807) is 11.8 Å². The molecule has 0 spiro atoms. The molecule has 2 N–H and O–H groups in total. The molecule has 1 fully saturated rings. The van der Waals surface area contributed by atoms with Gasteiger partial charge in [0.05, 0.1) is 5.69 Å². The molecule has 0 bridgehead atoms. The van der Waals surface area contributed by atoms with Crippen molar-refractivity contribution in [2.45, 2.75) is 23.8 Å². The number of aromatic nitrogens is 4. The Hall–Kier alpha value is -2.86. The molecule has 134 valence electrons. The van der Waals surface area contributed by atoms with Crippen molar-refractivity contribution < 1.29 is 0 Å². The minimum atomic E-state index is 0.528. The molecule has 0 unspecified atom stereocenters. The summed E-state index contributed by atoms with van der Waals surface area (Å²) in [5.74, 6) is 0.695. The van der Waals surface area contributed by atoms with Crippen LogP contribution in [0.2, 0.25) is 0 Å². The molecule has 6 heteroatoms. The van der Waals surface area contributed by atoms with Gasteiger partial charge in [-0.1, -0.05) is 12.1 Å². The SMILES string of the molecule is CSc1ccc(-c2cnc3[nH]cc(-c4ccnc(NC5CC5)n4)c3c2)cc1. The number of benzene rings is 1. The Morgan fingerprint density at radius 3 is 2.70 bits per heavy atom. The van der Waals surface area contributed by atoms with Gasteiger partial charge in [0.2, 0.25) is 5.95 Å². The molecule has 1 aromatic carbocycles. The second-order valence-corrected chi connectivity index (χ2v) is 7.61. The second kappa shape index (κ2) is 6.70. The van der Waals surface area contributed by atoms with Crippen molar-refractivity contribution in [3.8, 4) is 22.4 Å². The van der Waals surface area contributed by atoms with Gasteiger partial charge in [0, 0.05) is 46.0 Å². The summed E-state index contributed by atoms with van der Waals surface area (Å²) in [5.41, 5.74) is 5.07. The number of pyridine rings is 1. The van der Waals surface area contributed by atoms with Gasteiger partial charge >= 0.3 is 0 Å². The molecular weight excluding hydrogens is 354 g/mol. The van der Waals surface area contributed by atoms with Gasteiger partial charge in [-0.15, -0.1) is 11.8 Å². The molecule has 0 atom stereocenters. The molecule has 0 saturated heterocycles. The number of anilines is 1. The normalized spacial score (nSPS) is 13.8. The lowest BCUT2D eigenvalue weighted by atomic mass is 10.0. The summed E-state index contributed by atoms with van der Waals surface area (Å²) in [7, 11) is 0. The number of thioether (sulfide) groups is 1. The van der Waals surface area contributed by atoms with E-state index >= 15 is 0 Å². The van der Waals surface area contributed by atoms with Gasteiger partial charge in [0.25, 0.3) is 0 Å². The fraction of sp³-hybridized carbons (Fsp3) is 0.190. The molecule has 1 aliphatic carbocycles. The Morgan fingerprint density at radius 1 is 1.07 bits per heavy atom. The van der Waals surface area contributed by atoms with Gasteiger partial charge in [-0.2, -0.15) is 0 Å². The van der Waals surface area contributed by atoms with Gasteiger partial charge in [-0.3, -0.25) is 0 Å². The zero-order valence-electron chi connectivity index (χ0n) is 14.9. The summed E-state index contributed by atoms with van der Waals surface area (Å²) in [5, 5.41) is 4.43. The minimum Gasteiger partial charge on any atom is -0.351 e. The van der Waals surface area contributed by atoms with Crippen molar-refractivity contribution in [1.29, 1.82) is 0 Å². The van der Waals surface area contributed by atoms with Crippen molar-refractivity contribution in [2.24, 2.45) is 0 Å². The molecule has 3 heterocycles. The lowest BCUT2D eigenvalue weighted by molar-refractivity contribution is 1.06. The molecule has 4 aromatic rings. The predicted molar refractivity (Wildman–Crippen MR) is 111 cm³/mol. The number of nitrogens with zero attached hydrogens (tertiary/aromatic N) is 3. The summed E-state index contributed by atoms with van der Waals surface area (Å²) in [4.78, 5) is 18.2. The molecule has 0 radical (unpaired) electrons. The maximum absolute atomic E-state index is 4.70. The van der Waals surface area contributed by atoms with Crippen LogP contribution in [0.1, 0.15) is 12.8 Å². The van der Waals surface area contributed by atoms with Crippen LogP contribution < -0.4 is 5.32 Å². The van der Waals surface area contributed by atoms with Gasteiger partial charge in [0.15, 0.2) is 0 Å². The zero-order chi connectivity index (χ0) is 18.2. The van der Waals surface area contributed by atoms with E-state index in [1.165, 1.54) is 17.7 Å². The maximum atomic E-state index is 4.70. The third kappa shape index (κ3) is 3.28. The van der Waals surface area contributed by atoms with Crippen LogP contribution in [0.25, 0.3) is 33.4 Å². The molecule has 1 aliphatic rings. The number of hydrogen-bond donors (Lipinski definition) is 2. The summed E-state index contributed by atoms with van der Waals surface area (Å²) in [6, 6.07) is 13.2. The fourth-order valence-electron chi connectivity index (χ4n) is 3.15. The highest BCUT2D eigenvalue weighted by Gasteiger charge is 2.22. The van der Waals surface area contributed by atoms with Crippen LogP contribution in [-0.4, -0.2) is 32.2 Å². The van der Waals surface area contributed by atoms with Gasteiger partial charge in [-0.05, 0) is 48.9 Å². The number of H-pyrrole nitrogens is 1. The van der Waals surface area contributed by atoms with Gasteiger partial charge < -0.3 is 10.3 Å². The molecule has 3 aromatic heterocycles. The highest BCUT2D eigenvalue weighted by atomic mass is 32.2. The van der Waals surface area contributed by atoms with Crippen molar-refractivity contribution in [3.05, 3.63) is 55.0 Å². The second-order valence-electron chi connectivity index (χ2n) is 6.74. The van der Waals surface area contributed by atoms with Crippen LogP contribution in [0.15, 0.2) is 59.9 Å². The van der Waals surface area contributed by atoms with Crippen molar-refractivity contribution in [1.82, 2.24) is 19.9 Å². The third-order valence-corrected chi connectivity index (χ3v) is 5.54. The number of aromatic amines is 1. The van der Waals surface area contributed by atoms with E-state index in [0.29, 0.717) is 12.0 Å². The van der Waals surface area contributed by atoms with Crippen LogP contribution in [0, 0.1) is 0 Å². The van der Waals surface area contributed by atoms with Crippen LogP contribution in [0.5, 0.6) is 0 Å². The Morgan fingerprint density at radius 2 is 1.93 bits per heavy atom. The first-order chi connectivity index (χ1) is 13.3. The summed E-state index contributed by atoms with van der Waals surface area (Å²) >= 11 is 1.75. The zero-order valence-corrected chi connectivity index (χ0v) is 15.8. The van der Waals surface area contributed by atoms with E-state index in [1.807, 2.05) is 24.7 Å². The topological polar surface area (TPSA) is 66.5 Å². The molecular formula is C21H19N5S. The van der Waals surface area contributed by atoms with Crippen LogP contribution in [-0.2, 0) is 0 Å². The summed E-state index contributed by atoms with van der Waals surface area (Å²) < 4.78 is 0. The highest BCUT2D eigenvalue weighted by molar-refractivity contribution is 7.98. The van der Waals surface area contributed by atoms with Crippen molar-refractivity contribution >= 4 is 28.7 Å². The standard InChI is InChI=1S/C21H19N5S/c1-27-16-6-2-13(3-7-16)14-10-17-18(12-24-20(17)23-11-14)19-8-9-22-21(26-19)25-15-4-5-15/h2-3,6-12,15H,4-5H2,1H3,(H,23,24)(H,22,25,26). The van der Waals surface area contributed by atoms with Crippen LogP contribution in [0.3, 0.4) is 0 Å². The first kappa shape index (κ1) is 16.3. The van der Waals surface area contributed by atoms with E-state index in [0.717, 1.165) is 33.4 Å². The average molecular weight is 373 g/mol. The molecule has 5 nitrogen and oxygen atoms in total. The predicted octanol–water partition coefficient (Wildman–Crippen LogP) is 4.98. The van der Waals surface area contributed by atoms with Gasteiger partial charge in [-0.25, -0.2) is 15.0 Å². The lowest BCUT2D eigenvalue weighted by Crippen LogP contribution is -2.05. The quantitative estimate of drug-likeness (QED) is 0.483. The molecule has 1 saturated carbocycles. The summed E-state index contributed by atoms with van der Waals surface area (Å²) in [6.45, 7) is 0. The van der Waals surface area contributed by atoms with Crippen LogP contribution >= 0.6 is 11.8 Å². The van der Waals surface area contributed by atoms with E-state index in [2.05, 4.69) is 56.9 Å². The molecule has 5 rings (SSSR count). The highest BCUT2D eigenvalue weighted by Crippen LogP contribution is 2.31. The smallest absolute Gasteiger partial charge is 0.223 e. The average Bonchev–Trinajstić information content (AvgIpc) is 3.43. The Bertz CT molecular complexity index is 1100. The molecule has 0 amide bonds. The lowest BCUT2D eigenvalue weighted by Gasteiger charge is -2.06. The fourth-order valence-corrected chi connectivity index (χ4v) is 3.55. The third-order valence-electron chi connectivity index (χ3n) is 4.80. The molecule has 27 heavy (non-hydrogen) atoms. The van der Waals surface area contributed by atoms with E-state index in [4.69, 9.17) is 4.98 Å². The van der Waals surface area contributed by atoms with E-state index < -0.39 is 0 Å². The van der Waals surface area contributed by atoms with Crippen molar-refractivity contribution in [2.75, 3.05) is 11.6 Å². The van der Waals surface area contributed by atoms with E-state index in [9.17, 15) is 0 Å². The first-order valence-electron chi connectivity index (χ1n) is 9.02. The number of rotatable bonds is 5. The van der Waals surface area contributed by atoms with Crippen molar-refractivity contribution in [3.63, 3.8) is 0 Å². The molecule has 0 aliphatic heterocycles. The Kier molecular flexibility index (Phi) is 4.05.